The molecule has 28 heavy (non-hydrogen) atoms. The molecule has 0 aliphatic rings. The first kappa shape index (κ1) is 18.0. The normalized spacial score (nSPS) is 12.4. The van der Waals surface area contributed by atoms with Gasteiger partial charge in [-0.15, -0.1) is 0 Å². The maximum absolute atomic E-state index is 10.7. The number of rotatable bonds is 5. The highest BCUT2D eigenvalue weighted by Gasteiger charge is 2.09. The first-order chi connectivity index (χ1) is 13.5. The third-order valence-electron chi connectivity index (χ3n) is 5.19. The zero-order chi connectivity index (χ0) is 19.7. The minimum Gasteiger partial charge on any atom is -0.382 e. The number of aromatic nitrogens is 2. The van der Waals surface area contributed by atoms with Crippen LogP contribution in [0.1, 0.15) is 35.2 Å². The summed E-state index contributed by atoms with van der Waals surface area (Å²) in [4.78, 5) is 19.8. The summed E-state index contributed by atoms with van der Waals surface area (Å²) >= 11 is 0. The van der Waals surface area contributed by atoms with Crippen molar-refractivity contribution in [3.05, 3.63) is 81.9 Å². The fourth-order valence-electron chi connectivity index (χ4n) is 3.51. The van der Waals surface area contributed by atoms with E-state index < -0.39 is 0 Å². The van der Waals surface area contributed by atoms with Gasteiger partial charge in [0, 0.05) is 17.0 Å². The fraction of sp³-hybridized carbons (Fsp3) is 0.217. The number of benzene rings is 2. The fourth-order valence-corrected chi connectivity index (χ4v) is 3.51. The molecular weight excluding hydrogens is 348 g/mol. The van der Waals surface area contributed by atoms with Crippen molar-refractivity contribution in [3.8, 4) is 0 Å². The Morgan fingerprint density at radius 1 is 1.00 bits per heavy atom. The van der Waals surface area contributed by atoms with Gasteiger partial charge in [-0.1, -0.05) is 41.6 Å². The van der Waals surface area contributed by atoms with E-state index in [1.807, 2.05) is 25.3 Å². The molecule has 4 rings (SSSR count). The molecule has 0 fully saturated rings. The van der Waals surface area contributed by atoms with Crippen LogP contribution in [-0.2, 0) is 12.8 Å². The number of nitroso groups, excluding NO2 is 1. The minimum atomic E-state index is -0.310. The Morgan fingerprint density at radius 3 is 2.50 bits per heavy atom. The number of hydrogen-bond acceptors (Lipinski definition) is 5. The molecule has 0 bridgehead atoms. The van der Waals surface area contributed by atoms with Crippen LogP contribution in [0.4, 0.5) is 5.82 Å². The van der Waals surface area contributed by atoms with Crippen LogP contribution in [0.3, 0.4) is 0 Å². The molecule has 1 unspecified atom stereocenters. The molecule has 0 saturated carbocycles. The lowest BCUT2D eigenvalue weighted by Gasteiger charge is -2.09. The molecule has 0 radical (unpaired) electrons. The second-order valence-electron chi connectivity index (χ2n) is 7.28. The Labute approximate surface area is 163 Å². The summed E-state index contributed by atoms with van der Waals surface area (Å²) in [7, 11) is 0. The van der Waals surface area contributed by atoms with Gasteiger partial charge in [-0.3, -0.25) is 4.98 Å². The quantitative estimate of drug-likeness (QED) is 0.382. The van der Waals surface area contributed by atoms with Crippen LogP contribution in [0.15, 0.2) is 59.9 Å². The number of aryl methyl sites for hydroxylation is 3. The van der Waals surface area contributed by atoms with Crippen molar-refractivity contribution in [2.24, 2.45) is 5.18 Å². The molecule has 4 aromatic rings. The Balaban J connectivity index is 1.62. The van der Waals surface area contributed by atoms with Crippen molar-refractivity contribution >= 4 is 27.6 Å². The first-order valence-corrected chi connectivity index (χ1v) is 9.41. The summed E-state index contributed by atoms with van der Waals surface area (Å²) in [5.41, 5.74) is 12.3. The molecule has 2 aromatic heterocycles. The van der Waals surface area contributed by atoms with Gasteiger partial charge in [0.2, 0.25) is 0 Å². The summed E-state index contributed by atoms with van der Waals surface area (Å²) in [5, 5.41) is 5.19. The standard InChI is InChI=1S/C23H22N4O/c1-14-3-10-19-20-12-17(13-25-22(20)23(24)26-21(19)11-14)5-4-16-6-8-18(9-7-16)15(2)27-28/h3,6-13,15H,4-5H2,1-2H3,(H2,24,26). The highest BCUT2D eigenvalue weighted by atomic mass is 16.3. The molecule has 5 heteroatoms. The Morgan fingerprint density at radius 2 is 1.75 bits per heavy atom. The van der Waals surface area contributed by atoms with Gasteiger partial charge >= 0.3 is 0 Å². The Kier molecular flexibility index (Phi) is 4.74. The molecule has 2 heterocycles. The van der Waals surface area contributed by atoms with Crippen LogP contribution in [0.2, 0.25) is 0 Å². The van der Waals surface area contributed by atoms with E-state index in [1.165, 1.54) is 5.56 Å². The monoisotopic (exact) mass is 370 g/mol. The van der Waals surface area contributed by atoms with Gasteiger partial charge in [-0.2, -0.15) is 4.91 Å². The van der Waals surface area contributed by atoms with Gasteiger partial charge in [0.25, 0.3) is 0 Å². The highest BCUT2D eigenvalue weighted by molar-refractivity contribution is 6.08. The molecule has 140 valence electrons. The van der Waals surface area contributed by atoms with E-state index in [2.05, 4.69) is 51.5 Å². The van der Waals surface area contributed by atoms with Crippen LogP contribution in [0.25, 0.3) is 21.8 Å². The molecule has 0 aliphatic carbocycles. The first-order valence-electron chi connectivity index (χ1n) is 9.41. The number of fused-ring (bicyclic) bond motifs is 3. The molecule has 0 amide bonds. The van der Waals surface area contributed by atoms with Gasteiger partial charge in [0.05, 0.1) is 5.52 Å². The maximum atomic E-state index is 10.7. The maximum Gasteiger partial charge on any atom is 0.150 e. The number of pyridine rings is 2. The predicted octanol–water partition coefficient (Wildman–Crippen LogP) is 5.29. The lowest BCUT2D eigenvalue weighted by atomic mass is 10.0. The van der Waals surface area contributed by atoms with E-state index in [4.69, 9.17) is 5.73 Å². The Bertz CT molecular complexity index is 1170. The molecule has 1 atom stereocenters. The molecular formula is C23H22N4O. The SMILES string of the molecule is Cc1ccc2c(c1)nc(N)c1ncc(CCc3ccc(C(C)N=O)cc3)cc12. The summed E-state index contributed by atoms with van der Waals surface area (Å²) in [6.07, 6.45) is 3.65. The number of hydrogen-bond donors (Lipinski definition) is 1. The highest BCUT2D eigenvalue weighted by Crippen LogP contribution is 2.28. The number of anilines is 1. The zero-order valence-electron chi connectivity index (χ0n) is 16.0. The summed E-state index contributed by atoms with van der Waals surface area (Å²) in [6, 6.07) is 16.2. The van der Waals surface area contributed by atoms with Crippen molar-refractivity contribution in [2.45, 2.75) is 32.7 Å². The topological polar surface area (TPSA) is 81.2 Å². The van der Waals surface area contributed by atoms with Crippen molar-refractivity contribution in [2.75, 3.05) is 5.73 Å². The van der Waals surface area contributed by atoms with Gasteiger partial charge in [-0.05, 0) is 61.1 Å². The van der Waals surface area contributed by atoms with Gasteiger partial charge in [0.15, 0.2) is 5.82 Å². The van der Waals surface area contributed by atoms with E-state index in [0.717, 1.165) is 51.3 Å². The third-order valence-corrected chi connectivity index (χ3v) is 5.19. The van der Waals surface area contributed by atoms with Crippen molar-refractivity contribution in [1.82, 2.24) is 9.97 Å². The second kappa shape index (κ2) is 7.35. The van der Waals surface area contributed by atoms with Crippen LogP contribution >= 0.6 is 0 Å². The smallest absolute Gasteiger partial charge is 0.150 e. The molecule has 2 aromatic carbocycles. The average Bonchev–Trinajstić information content (AvgIpc) is 2.71. The summed E-state index contributed by atoms with van der Waals surface area (Å²) in [5.74, 6) is 0.466. The lowest BCUT2D eigenvalue weighted by Crippen LogP contribution is -1.98. The number of nitrogen functional groups attached to an aromatic ring is 1. The van der Waals surface area contributed by atoms with Crippen LogP contribution < -0.4 is 5.73 Å². The van der Waals surface area contributed by atoms with Crippen molar-refractivity contribution in [3.63, 3.8) is 0 Å². The minimum absolute atomic E-state index is 0.310. The summed E-state index contributed by atoms with van der Waals surface area (Å²) in [6.45, 7) is 3.85. The molecule has 5 nitrogen and oxygen atoms in total. The molecule has 0 spiro atoms. The van der Waals surface area contributed by atoms with E-state index in [-0.39, 0.29) is 6.04 Å². The number of nitrogens with two attached hydrogens (primary N) is 1. The number of nitrogens with zero attached hydrogens (tertiary/aromatic N) is 3. The van der Waals surface area contributed by atoms with Gasteiger partial charge < -0.3 is 5.73 Å². The van der Waals surface area contributed by atoms with Crippen molar-refractivity contribution < 1.29 is 0 Å². The van der Waals surface area contributed by atoms with E-state index >= 15 is 0 Å². The summed E-state index contributed by atoms with van der Waals surface area (Å²) < 4.78 is 0. The second-order valence-corrected chi connectivity index (χ2v) is 7.28. The largest absolute Gasteiger partial charge is 0.382 e. The predicted molar refractivity (Wildman–Crippen MR) is 114 cm³/mol. The van der Waals surface area contributed by atoms with Gasteiger partial charge in [0.1, 0.15) is 11.6 Å². The van der Waals surface area contributed by atoms with Crippen molar-refractivity contribution in [1.29, 1.82) is 0 Å². The van der Waals surface area contributed by atoms with E-state index in [9.17, 15) is 4.91 Å². The van der Waals surface area contributed by atoms with Crippen LogP contribution in [0, 0.1) is 11.8 Å². The molecule has 2 N–H and O–H groups in total. The third kappa shape index (κ3) is 3.43. The zero-order valence-corrected chi connectivity index (χ0v) is 16.0. The van der Waals surface area contributed by atoms with Gasteiger partial charge in [-0.25, -0.2) is 4.98 Å². The average molecular weight is 370 g/mol. The Hall–Kier alpha value is -3.34. The van der Waals surface area contributed by atoms with Crippen LogP contribution in [-0.4, -0.2) is 9.97 Å². The van der Waals surface area contributed by atoms with E-state index in [1.54, 1.807) is 6.92 Å². The molecule has 0 saturated heterocycles. The molecule has 0 aliphatic heterocycles. The van der Waals surface area contributed by atoms with E-state index in [0.29, 0.717) is 5.82 Å². The van der Waals surface area contributed by atoms with Crippen LogP contribution in [0.5, 0.6) is 0 Å². The lowest BCUT2D eigenvalue weighted by molar-refractivity contribution is 0.809.